The number of benzene rings is 8. The van der Waals surface area contributed by atoms with E-state index in [0.717, 1.165) is 135 Å². The van der Waals surface area contributed by atoms with Gasteiger partial charge in [-0.3, -0.25) is 33.6 Å². The molecule has 27 heteroatoms. The molecule has 8 aromatic carbocycles. The number of halogens is 4. The van der Waals surface area contributed by atoms with E-state index in [1.54, 1.807) is 72.8 Å². The van der Waals surface area contributed by atoms with Crippen LogP contribution in [0.25, 0.3) is 85.1 Å². The summed E-state index contributed by atoms with van der Waals surface area (Å²) >= 11 is 7.53. The van der Waals surface area contributed by atoms with Crippen molar-refractivity contribution in [1.29, 1.82) is 0 Å². The van der Waals surface area contributed by atoms with Crippen molar-refractivity contribution in [2.24, 2.45) is 29.6 Å². The SMILES string of the molecule is O=C(C1CC1)n1ccc(/C=C/c2ccccc2)n1.O=C(C1CC1)n1ccc(/C=C/c2cccs2)n1.O=C(C1CCC1)n1ccc(/C=C/c2ccccc2)n1.O=C(C1CCCCC1)n1ccc(/C=C/c2ccccc2)n1.O=C(CC1CCCC1)n1ccc(/C=C/c2ccccc2)n1.O=C(Cc1ccc(Cl)cc1)n1ccc(/C=C/c2ccccc2)n1.O=C(c1ccccc1OC(F)(F)F)n1ccc(/C=C/c2ccccc2)n1. The fraction of sp³-hybridized carbons (Fsp3) is 0.203. The molecule has 8 heterocycles. The lowest BCUT2D eigenvalue weighted by atomic mass is 9.85. The average molecular weight is 1980 g/mol. The predicted octanol–water partition coefficient (Wildman–Crippen LogP) is 27.5. The molecule has 0 spiro atoms. The van der Waals surface area contributed by atoms with Crippen LogP contribution >= 0.6 is 22.9 Å². The zero-order valence-corrected chi connectivity index (χ0v) is 81.5. The van der Waals surface area contributed by atoms with Crippen LogP contribution in [0.5, 0.6) is 5.75 Å². The van der Waals surface area contributed by atoms with Crippen LogP contribution < -0.4 is 4.74 Å². The van der Waals surface area contributed by atoms with Gasteiger partial charge in [-0.2, -0.15) is 35.7 Å². The molecule has 22 nitrogen and oxygen atoms in total. The number of hydrogen-bond donors (Lipinski definition) is 0. The second-order valence-corrected chi connectivity index (χ2v) is 36.7. The minimum Gasteiger partial charge on any atom is -0.405 e. The first-order chi connectivity index (χ1) is 70.7. The first-order valence-electron chi connectivity index (χ1n) is 48.6. The monoisotopic (exact) mass is 1970 g/mol. The molecule has 5 fully saturated rings. The second kappa shape index (κ2) is 53.0. The summed E-state index contributed by atoms with van der Waals surface area (Å²) in [5, 5.41) is 32.6. The number of carbonyl (C=O) groups is 7. The van der Waals surface area contributed by atoms with Crippen molar-refractivity contribution in [3.63, 3.8) is 0 Å². The molecule has 0 bridgehead atoms. The third-order valence-corrected chi connectivity index (χ3v) is 25.2. The number of nitrogens with zero attached hydrogens (tertiary/aromatic N) is 14. The van der Waals surface area contributed by atoms with Crippen LogP contribution in [0.2, 0.25) is 5.02 Å². The maximum atomic E-state index is 12.5. The molecule has 5 aliphatic carbocycles. The average Bonchev–Trinajstić information content (AvgIpc) is 1.76. The molecule has 5 aliphatic rings. The van der Waals surface area contributed by atoms with Gasteiger partial charge in [0.25, 0.3) is 11.8 Å². The van der Waals surface area contributed by atoms with E-state index in [9.17, 15) is 46.7 Å². The summed E-state index contributed by atoms with van der Waals surface area (Å²) in [7, 11) is 0. The molecule has 0 atom stereocenters. The molecule has 16 aromatic rings. The normalized spacial score (nSPS) is 14.2. The Morgan fingerprint density at radius 3 is 0.931 bits per heavy atom. The highest BCUT2D eigenvalue weighted by molar-refractivity contribution is 7.10. The summed E-state index contributed by atoms with van der Waals surface area (Å²) < 4.78 is 51.1. The molecule has 145 heavy (non-hydrogen) atoms. The van der Waals surface area contributed by atoms with Crippen molar-refractivity contribution >= 4 is 149 Å². The van der Waals surface area contributed by atoms with E-state index in [1.165, 1.54) is 109 Å². The largest absolute Gasteiger partial charge is 0.573 e. The van der Waals surface area contributed by atoms with E-state index in [0.29, 0.717) is 29.5 Å². The molecule has 21 rings (SSSR count). The summed E-state index contributed by atoms with van der Waals surface area (Å²) in [6.07, 6.45) is 52.7. The van der Waals surface area contributed by atoms with Gasteiger partial charge in [0, 0.05) is 83.4 Å². The Bertz CT molecular complexity index is 7090. The zero-order chi connectivity index (χ0) is 101. The molecule has 0 saturated heterocycles. The maximum absolute atomic E-state index is 12.5. The van der Waals surface area contributed by atoms with Gasteiger partial charge in [-0.25, -0.2) is 32.8 Å². The Kier molecular flexibility index (Phi) is 37.6. The topological polar surface area (TPSA) is 253 Å². The van der Waals surface area contributed by atoms with Crippen molar-refractivity contribution < 1.29 is 51.5 Å². The molecular formula is C118H110ClF3N14O8S. The number of hydrogen-bond acceptors (Lipinski definition) is 16. The summed E-state index contributed by atoms with van der Waals surface area (Å²) in [4.78, 5) is 85.9. The lowest BCUT2D eigenvalue weighted by Crippen LogP contribution is -2.27. The number of para-hydroxylation sites is 1. The maximum Gasteiger partial charge on any atom is 0.573 e. The van der Waals surface area contributed by atoms with Gasteiger partial charge in [0.2, 0.25) is 29.5 Å². The van der Waals surface area contributed by atoms with Crippen LogP contribution in [0, 0.1) is 29.6 Å². The van der Waals surface area contributed by atoms with Crippen molar-refractivity contribution in [2.75, 3.05) is 0 Å². The number of thiophene rings is 1. The Morgan fingerprint density at radius 1 is 0.303 bits per heavy atom. The van der Waals surface area contributed by atoms with Crippen LogP contribution in [0.3, 0.4) is 0 Å². The van der Waals surface area contributed by atoms with Gasteiger partial charge < -0.3 is 4.74 Å². The predicted molar refractivity (Wildman–Crippen MR) is 569 cm³/mol. The summed E-state index contributed by atoms with van der Waals surface area (Å²) in [5.41, 5.74) is 12.6. The van der Waals surface area contributed by atoms with Crippen LogP contribution in [-0.4, -0.2) is 116 Å². The molecule has 0 radical (unpaired) electrons. The van der Waals surface area contributed by atoms with Crippen molar-refractivity contribution in [3.8, 4) is 5.75 Å². The van der Waals surface area contributed by atoms with Crippen LogP contribution in [-0.2, 0) is 6.42 Å². The number of ether oxygens (including phenoxy) is 1. The van der Waals surface area contributed by atoms with Crippen LogP contribution in [0.4, 0.5) is 13.2 Å². The third-order valence-electron chi connectivity index (χ3n) is 24.1. The highest BCUT2D eigenvalue weighted by Gasteiger charge is 2.35. The fourth-order valence-corrected chi connectivity index (χ4v) is 16.4. The van der Waals surface area contributed by atoms with E-state index in [1.807, 2.05) is 327 Å². The van der Waals surface area contributed by atoms with Crippen molar-refractivity contribution in [2.45, 2.75) is 122 Å². The molecule has 0 N–H and O–H groups in total. The van der Waals surface area contributed by atoms with Crippen molar-refractivity contribution in [3.05, 3.63) is 428 Å². The van der Waals surface area contributed by atoms with E-state index < -0.39 is 18.0 Å². The third kappa shape index (κ3) is 33.4. The summed E-state index contributed by atoms with van der Waals surface area (Å²) in [6.45, 7) is 0. The fourth-order valence-electron chi connectivity index (χ4n) is 15.7. The number of carbonyl (C=O) groups excluding carboxylic acids is 7. The second-order valence-electron chi connectivity index (χ2n) is 35.3. The van der Waals surface area contributed by atoms with E-state index >= 15 is 0 Å². The lowest BCUT2D eigenvalue weighted by Gasteiger charge is -2.22. The van der Waals surface area contributed by atoms with E-state index in [-0.39, 0.29) is 64.7 Å². The van der Waals surface area contributed by atoms with Crippen molar-refractivity contribution in [1.82, 2.24) is 68.5 Å². The Balaban J connectivity index is 0.000000128. The molecule has 0 amide bonds. The smallest absolute Gasteiger partial charge is 0.405 e. The van der Waals surface area contributed by atoms with Gasteiger partial charge in [0.1, 0.15) is 5.75 Å². The number of aromatic nitrogens is 14. The van der Waals surface area contributed by atoms with Gasteiger partial charge in [0.15, 0.2) is 0 Å². The molecular weight excluding hydrogens is 1870 g/mol. The first-order valence-corrected chi connectivity index (χ1v) is 49.9. The quantitative estimate of drug-likeness (QED) is 0.0545. The molecule has 734 valence electrons. The lowest BCUT2D eigenvalue weighted by molar-refractivity contribution is -0.274. The minimum absolute atomic E-state index is 0.0771. The van der Waals surface area contributed by atoms with Crippen LogP contribution in [0.15, 0.2) is 334 Å². The molecule has 0 aliphatic heterocycles. The minimum atomic E-state index is -4.88. The van der Waals surface area contributed by atoms with Gasteiger partial charge in [0.05, 0.1) is 51.8 Å². The van der Waals surface area contributed by atoms with Crippen LogP contribution in [0.1, 0.15) is 232 Å². The highest BCUT2D eigenvalue weighted by Crippen LogP contribution is 2.34. The number of alkyl halides is 3. The van der Waals surface area contributed by atoms with Gasteiger partial charge >= 0.3 is 6.36 Å². The standard InChI is InChI=1S/C19H15ClN2O.C19H13F3N2O2.2C18H20N2O.C16H16N2O.C15H14N2O.C13H12N2OS/c20-17-9-6-16(7-10-17)14-19(23)22-13-12-18(21-22)11-8-15-4-2-1-3-5-15;20-19(21,22)26-17-9-5-4-8-16(17)18(25)24-13-12-15(23-24)11-10-14-6-2-1-3-7-14;21-18(16-9-5-2-6-10-16)20-14-13-17(19-20)12-11-15-7-3-1-4-8-15;21-18(14-16-8-4-5-9-16)20-13-12-17(19-20)11-10-15-6-2-1-3-7-15;19-16(14-7-4-8-14)18-12-11-15(17-18)10-9-13-5-2-1-3-6-13;18-15(13-7-8-13)17-11-10-14(16-17)9-6-12-4-2-1-3-5-12;16-13(10-3-4-10)15-8-7-11(14-15)5-6-12-2-1-9-17-12/h1-13H,14H2;1-13H;1,3-4,7-8,11-14,16H,2,5-6,9-10H2;1-3,6-7,10-13,16H,4-5,8-9,14H2;1-3,5-6,9-12,14H,4,7-8H2;1-6,9-11,13H,7-8H2;1-2,5-10H,3-4H2/b11-8+;11-10+;12-11+;11-10+;10-9+;9-6+;6-5+. The Hall–Kier alpha value is -16.3. The Labute approximate surface area is 849 Å². The van der Waals surface area contributed by atoms with E-state index in [4.69, 9.17) is 11.6 Å². The van der Waals surface area contributed by atoms with E-state index in [2.05, 4.69) is 40.4 Å². The molecule has 0 unspecified atom stereocenters. The number of rotatable bonds is 24. The zero-order valence-electron chi connectivity index (χ0n) is 79.9. The van der Waals surface area contributed by atoms with Gasteiger partial charge in [-0.05, 0) is 236 Å². The van der Waals surface area contributed by atoms with Gasteiger partial charge in [-0.15, -0.1) is 24.5 Å². The Morgan fingerprint density at radius 2 is 0.600 bits per heavy atom. The first kappa shape index (κ1) is 103. The molecule has 5 saturated carbocycles. The molecule has 8 aromatic heterocycles. The highest BCUT2D eigenvalue weighted by atomic mass is 35.5. The summed E-state index contributed by atoms with van der Waals surface area (Å²) in [5.74, 6) is 0.592. The van der Waals surface area contributed by atoms with Gasteiger partial charge in [-0.1, -0.05) is 299 Å². The summed E-state index contributed by atoms with van der Waals surface area (Å²) in [6, 6.07) is 88.9.